The highest BCUT2D eigenvalue weighted by molar-refractivity contribution is 6.56. The summed E-state index contributed by atoms with van der Waals surface area (Å²) in [5, 5.41) is 8.96. The predicted octanol–water partition coefficient (Wildman–Crippen LogP) is 4.74. The summed E-state index contributed by atoms with van der Waals surface area (Å²) >= 11 is 6.64. The molecule has 3 N–H and O–H groups in total. The van der Waals surface area contributed by atoms with E-state index in [1.807, 2.05) is 27.7 Å². The van der Waals surface area contributed by atoms with Crippen LogP contribution in [0.15, 0.2) is 66.2 Å². The van der Waals surface area contributed by atoms with Crippen molar-refractivity contribution in [2.24, 2.45) is 16.1 Å². The number of halogens is 3. The molecule has 0 unspecified atom stereocenters. The van der Waals surface area contributed by atoms with Gasteiger partial charge in [0.05, 0.1) is 40.8 Å². The van der Waals surface area contributed by atoms with Crippen LogP contribution >= 0.6 is 11.6 Å². The number of benzene rings is 2. The number of amides is 2. The number of alkyl halides is 2. The molecule has 0 spiro atoms. The van der Waals surface area contributed by atoms with E-state index < -0.39 is 40.8 Å². The zero-order valence-electron chi connectivity index (χ0n) is 29.1. The van der Waals surface area contributed by atoms with E-state index in [0.29, 0.717) is 32.5 Å². The molecule has 6 rings (SSSR count). The van der Waals surface area contributed by atoms with E-state index in [4.69, 9.17) is 50.6 Å². The third kappa shape index (κ3) is 7.46. The van der Waals surface area contributed by atoms with Gasteiger partial charge in [0, 0.05) is 22.9 Å². The first-order valence-electron chi connectivity index (χ1n) is 16.4. The Morgan fingerprint density at radius 1 is 1.10 bits per heavy atom. The first-order chi connectivity index (χ1) is 24.3. The van der Waals surface area contributed by atoms with Crippen molar-refractivity contribution < 1.29 is 23.1 Å². The van der Waals surface area contributed by atoms with Crippen LogP contribution in [0.1, 0.15) is 70.7 Å². The van der Waals surface area contributed by atoms with Crippen molar-refractivity contribution in [3.63, 3.8) is 0 Å². The van der Waals surface area contributed by atoms with Crippen molar-refractivity contribution in [3.05, 3.63) is 77.3 Å². The van der Waals surface area contributed by atoms with Gasteiger partial charge in [-0.15, -0.1) is 0 Å². The molecule has 6 radical (unpaired) electrons. The molecular weight excluding hydrogens is 688 g/mol. The fraction of sp³-hybridized carbons (Fsp3) is 0.412. The average Bonchev–Trinajstić information content (AvgIpc) is 3.43. The van der Waals surface area contributed by atoms with Crippen molar-refractivity contribution >= 4 is 53.1 Å². The minimum absolute atomic E-state index is 0.107. The van der Waals surface area contributed by atoms with E-state index in [1.54, 1.807) is 42.5 Å². The molecule has 2 aromatic heterocycles. The van der Waals surface area contributed by atoms with Crippen LogP contribution in [0.25, 0.3) is 22.5 Å². The summed E-state index contributed by atoms with van der Waals surface area (Å²) in [5.74, 6) is -0.427. The number of carbonyl (C=O) groups is 2. The van der Waals surface area contributed by atoms with Gasteiger partial charge in [-0.3, -0.25) is 14.4 Å². The molecule has 2 amide bonds. The van der Waals surface area contributed by atoms with Gasteiger partial charge >= 0.3 is 12.6 Å². The number of hydrogen-bond donors (Lipinski definition) is 2. The van der Waals surface area contributed by atoms with Crippen molar-refractivity contribution in [2.45, 2.75) is 75.9 Å². The van der Waals surface area contributed by atoms with Crippen LogP contribution < -0.4 is 11.1 Å². The highest BCUT2D eigenvalue weighted by Crippen LogP contribution is 2.46. The molecule has 18 heteroatoms. The lowest BCUT2D eigenvalue weighted by molar-refractivity contribution is -0.135. The van der Waals surface area contributed by atoms with Gasteiger partial charge < -0.3 is 15.8 Å². The maximum Gasteiger partial charge on any atom is 0.407 e. The molecule has 1 aliphatic heterocycles. The minimum Gasteiger partial charge on any atom is -0.447 e. The molecule has 0 bridgehead atoms. The van der Waals surface area contributed by atoms with E-state index >= 15 is 0 Å². The van der Waals surface area contributed by atoms with E-state index in [-0.39, 0.29) is 35.4 Å². The molecule has 3 heterocycles. The summed E-state index contributed by atoms with van der Waals surface area (Å²) in [7, 11) is 17.8. The molecule has 52 heavy (non-hydrogen) atoms. The van der Waals surface area contributed by atoms with E-state index in [2.05, 4.69) is 20.5 Å². The maximum absolute atomic E-state index is 15.0. The Balaban J connectivity index is 1.41. The van der Waals surface area contributed by atoms with Gasteiger partial charge in [-0.25, -0.2) is 19.5 Å². The second-order valence-corrected chi connectivity index (χ2v) is 15.1. The summed E-state index contributed by atoms with van der Waals surface area (Å²) in [6.07, 6.45) is 5.00. The Morgan fingerprint density at radius 3 is 2.38 bits per heavy atom. The largest absolute Gasteiger partial charge is 0.447 e. The Morgan fingerprint density at radius 2 is 1.79 bits per heavy atom. The number of carbonyl (C=O) groups excluding carboxylic acids is 2. The Labute approximate surface area is 308 Å². The number of rotatable bonds is 11. The zero-order valence-corrected chi connectivity index (χ0v) is 29.8. The third-order valence-corrected chi connectivity index (χ3v) is 9.36. The molecule has 2 atom stereocenters. The molecule has 1 aliphatic carbocycles. The van der Waals surface area contributed by atoms with Gasteiger partial charge in [0.15, 0.2) is 17.3 Å². The lowest BCUT2D eigenvalue weighted by Gasteiger charge is -2.35. The van der Waals surface area contributed by atoms with Gasteiger partial charge in [-0.1, -0.05) is 62.7 Å². The molecular formula is C34H35B3ClF2N9O3. The Kier molecular flexibility index (Phi) is 9.56. The second-order valence-electron chi connectivity index (χ2n) is 14.7. The number of nitrogens with zero attached hydrogens (tertiary/aromatic N) is 7. The first-order valence-corrected chi connectivity index (χ1v) is 16.8. The quantitative estimate of drug-likeness (QED) is 0.213. The van der Waals surface area contributed by atoms with Crippen LogP contribution in [0.4, 0.5) is 13.6 Å². The van der Waals surface area contributed by atoms with E-state index in [9.17, 15) is 18.4 Å². The van der Waals surface area contributed by atoms with Gasteiger partial charge in [-0.2, -0.15) is 19.0 Å². The summed E-state index contributed by atoms with van der Waals surface area (Å²) < 4.78 is 33.8. The monoisotopic (exact) mass is 723 g/mol. The van der Waals surface area contributed by atoms with Crippen LogP contribution in [0.2, 0.25) is 5.02 Å². The van der Waals surface area contributed by atoms with Gasteiger partial charge in [0.1, 0.15) is 12.9 Å². The lowest BCUT2D eigenvalue weighted by Crippen LogP contribution is -2.48. The van der Waals surface area contributed by atoms with Crippen LogP contribution in [0, 0.1) is 5.41 Å². The number of ether oxygens (including phenoxy) is 1. The molecule has 12 nitrogen and oxygen atoms in total. The number of aromatic nitrogens is 5. The van der Waals surface area contributed by atoms with E-state index in [1.165, 1.54) is 23.6 Å². The second kappa shape index (κ2) is 13.4. The van der Waals surface area contributed by atoms with Gasteiger partial charge in [0.2, 0.25) is 0 Å². The summed E-state index contributed by atoms with van der Waals surface area (Å²) in [6.45, 7) is 4.73. The topological polar surface area (TPSA) is 146 Å². The summed E-state index contributed by atoms with van der Waals surface area (Å²) in [4.78, 5) is 38.4. The van der Waals surface area contributed by atoms with Crippen LogP contribution in [0.3, 0.4) is 0 Å². The molecule has 264 valence electrons. The van der Waals surface area contributed by atoms with Gasteiger partial charge in [-0.05, 0) is 65.7 Å². The van der Waals surface area contributed by atoms with Crippen molar-refractivity contribution in [1.29, 1.82) is 0 Å². The minimum atomic E-state index is -2.78. The molecule has 2 aliphatic rings. The number of nitrogens with one attached hydrogen (secondary N) is 1. The van der Waals surface area contributed by atoms with E-state index in [0.717, 1.165) is 17.5 Å². The van der Waals surface area contributed by atoms with Crippen molar-refractivity contribution in [3.8, 4) is 22.5 Å². The number of hydrogen-bond acceptors (Lipinski definition) is 8. The number of alkyl carbamates (subject to hydrolysis) is 1. The lowest BCUT2D eigenvalue weighted by atomic mass is 9.49. The van der Waals surface area contributed by atoms with Crippen LogP contribution in [-0.4, -0.2) is 83.1 Å². The number of guanidine groups is 1. The fourth-order valence-electron chi connectivity index (χ4n) is 6.31. The first kappa shape index (κ1) is 37.1. The Bertz CT molecular complexity index is 2020. The standard InChI is InChI=1S/C34H35B3ClF2N9O3/c1-31(2,3)17-33(22-8-5-19(6-9-22)21-14-43-47(15-21)28(39)40)27(50)48(29(41)45-33)25(16-52-30(51)46-32(4)11-12-32)20-7-10-24(38)23(13-20)26-42-18-44-49(26)34(35,36)37/h5-10,13-15,18,25,28H,11-12,16-17H2,1-4H3,(H2,41,45)(H,46,51)/t25-,33-/m1/s1. The highest BCUT2D eigenvalue weighted by atomic mass is 35.5. The number of aliphatic imine (C=N–C) groups is 1. The average molecular weight is 724 g/mol. The maximum atomic E-state index is 15.0. The van der Waals surface area contributed by atoms with Crippen LogP contribution in [0.5, 0.6) is 0 Å². The smallest absolute Gasteiger partial charge is 0.407 e. The highest BCUT2D eigenvalue weighted by Gasteiger charge is 2.53. The fourth-order valence-corrected chi connectivity index (χ4v) is 6.51. The molecule has 4 aromatic rings. The summed E-state index contributed by atoms with van der Waals surface area (Å²) in [5.41, 5.74) is 6.77. The van der Waals surface area contributed by atoms with Crippen molar-refractivity contribution in [2.75, 3.05) is 6.61 Å². The zero-order chi connectivity index (χ0) is 37.8. The normalized spacial score (nSPS) is 19.1. The molecule has 1 fully saturated rings. The number of nitrogens with two attached hydrogens (primary N) is 1. The SMILES string of the molecule is [B]C([B])([B])n1ncnc1-c1cc([C@@H](COC(=O)NC2(C)CC2)N2C(=O)[C@@](CC(C)(C)C)(c3ccc(-c4cnn(C(F)F)c4)cc3)N=C2N)ccc1Cl. The molecule has 2 aromatic carbocycles. The summed E-state index contributed by atoms with van der Waals surface area (Å²) in [6, 6.07) is 10.8. The Hall–Kier alpha value is -4.66. The van der Waals surface area contributed by atoms with Gasteiger partial charge in [0.25, 0.3) is 5.91 Å². The predicted molar refractivity (Wildman–Crippen MR) is 194 cm³/mol. The third-order valence-electron chi connectivity index (χ3n) is 9.03. The van der Waals surface area contributed by atoms with Crippen LogP contribution in [-0.2, 0) is 20.3 Å². The van der Waals surface area contributed by atoms with Crippen molar-refractivity contribution in [1.82, 2.24) is 34.8 Å². The molecule has 0 saturated heterocycles. The molecule has 1 saturated carbocycles.